The number of likely N-dealkylation sites (tertiary alicyclic amines) is 1. The highest BCUT2D eigenvalue weighted by Gasteiger charge is 2.35. The monoisotopic (exact) mass is 500 g/mol. The Balaban J connectivity index is 1.14. The number of aliphatic hydroxyl groups is 1. The van der Waals surface area contributed by atoms with Crippen molar-refractivity contribution in [1.82, 2.24) is 9.80 Å². The molecule has 6 heteroatoms. The summed E-state index contributed by atoms with van der Waals surface area (Å²) in [4.78, 5) is 30.1. The number of hydrogen-bond donors (Lipinski definition) is 1. The van der Waals surface area contributed by atoms with Crippen LogP contribution >= 0.6 is 0 Å². The average Bonchev–Trinajstić information content (AvgIpc) is 2.89. The predicted octanol–water partition coefficient (Wildman–Crippen LogP) is 4.89. The Labute approximate surface area is 218 Å². The van der Waals surface area contributed by atoms with Crippen LogP contribution in [0, 0.1) is 5.92 Å². The molecule has 1 atom stereocenters. The lowest BCUT2D eigenvalue weighted by Crippen LogP contribution is -2.46. The molecule has 0 aliphatic carbocycles. The standard InChI is InChI=1S/C31H36N2O4/c1-31(2,3)26-12-4-5-13-27(26)37-20-23(34)19-32-16-14-21(15-17-32)18-33-29(35)24-10-6-8-22-9-7-11-25(28(22)24)30(33)36/h4-13,21,23,34H,14-20H2,1-3H3/t23-/m1/s1. The van der Waals surface area contributed by atoms with Gasteiger partial charge < -0.3 is 14.7 Å². The molecule has 0 aromatic heterocycles. The Hall–Kier alpha value is -3.22. The lowest BCUT2D eigenvalue weighted by molar-refractivity contribution is 0.0451. The highest BCUT2D eigenvalue weighted by molar-refractivity contribution is 6.25. The zero-order chi connectivity index (χ0) is 26.2. The van der Waals surface area contributed by atoms with Crippen LogP contribution in [0.3, 0.4) is 0 Å². The molecule has 0 saturated carbocycles. The number of imide groups is 1. The summed E-state index contributed by atoms with van der Waals surface area (Å²) in [5, 5.41) is 12.3. The van der Waals surface area contributed by atoms with Crippen LogP contribution in [-0.2, 0) is 5.41 Å². The third kappa shape index (κ3) is 5.27. The fourth-order valence-electron chi connectivity index (χ4n) is 5.60. The van der Waals surface area contributed by atoms with Crippen molar-refractivity contribution >= 4 is 22.6 Å². The van der Waals surface area contributed by atoms with Crippen molar-refractivity contribution in [3.63, 3.8) is 0 Å². The second-order valence-corrected chi connectivity index (χ2v) is 11.4. The van der Waals surface area contributed by atoms with E-state index in [0.717, 1.165) is 48.0 Å². The van der Waals surface area contributed by atoms with Gasteiger partial charge in [-0.05, 0) is 66.4 Å². The molecule has 194 valence electrons. The lowest BCUT2D eigenvalue weighted by Gasteiger charge is -2.36. The molecule has 3 aromatic rings. The maximum absolute atomic E-state index is 13.2. The maximum Gasteiger partial charge on any atom is 0.261 e. The smallest absolute Gasteiger partial charge is 0.261 e. The second-order valence-electron chi connectivity index (χ2n) is 11.4. The molecular weight excluding hydrogens is 464 g/mol. The van der Waals surface area contributed by atoms with Crippen molar-refractivity contribution in [3.05, 3.63) is 77.4 Å². The van der Waals surface area contributed by atoms with Gasteiger partial charge >= 0.3 is 0 Å². The van der Waals surface area contributed by atoms with E-state index in [-0.39, 0.29) is 29.8 Å². The molecule has 5 rings (SSSR count). The number of carbonyl (C=O) groups excluding carboxylic acids is 2. The van der Waals surface area contributed by atoms with Gasteiger partial charge in [-0.1, -0.05) is 63.2 Å². The van der Waals surface area contributed by atoms with Crippen LogP contribution < -0.4 is 4.74 Å². The normalized spacial score (nSPS) is 17.9. The molecule has 2 aliphatic rings. The fraction of sp³-hybridized carbons (Fsp3) is 0.419. The van der Waals surface area contributed by atoms with Crippen LogP contribution in [0.15, 0.2) is 60.7 Å². The summed E-state index contributed by atoms with van der Waals surface area (Å²) >= 11 is 0. The largest absolute Gasteiger partial charge is 0.491 e. The average molecular weight is 501 g/mol. The van der Waals surface area contributed by atoms with Gasteiger partial charge in [-0.25, -0.2) is 0 Å². The topological polar surface area (TPSA) is 70.1 Å². The molecule has 0 unspecified atom stereocenters. The molecule has 0 bridgehead atoms. The van der Waals surface area contributed by atoms with E-state index in [0.29, 0.717) is 24.2 Å². The molecule has 1 saturated heterocycles. The highest BCUT2D eigenvalue weighted by atomic mass is 16.5. The third-order valence-corrected chi connectivity index (χ3v) is 7.60. The van der Waals surface area contributed by atoms with Crippen molar-refractivity contribution < 1.29 is 19.4 Å². The van der Waals surface area contributed by atoms with Crippen LogP contribution in [0.2, 0.25) is 0 Å². The summed E-state index contributed by atoms with van der Waals surface area (Å²) in [5.41, 5.74) is 2.32. The Kier molecular flexibility index (Phi) is 7.06. The van der Waals surface area contributed by atoms with Gasteiger partial charge in [-0.15, -0.1) is 0 Å². The number of piperidine rings is 1. The number of rotatable bonds is 7. The van der Waals surface area contributed by atoms with Crippen molar-refractivity contribution in [2.75, 3.05) is 32.8 Å². The number of ether oxygens (including phenoxy) is 1. The molecule has 0 radical (unpaired) electrons. The first-order valence-electron chi connectivity index (χ1n) is 13.2. The van der Waals surface area contributed by atoms with E-state index in [4.69, 9.17) is 4.74 Å². The number of amides is 2. The molecule has 2 amide bonds. The molecule has 0 spiro atoms. The van der Waals surface area contributed by atoms with E-state index in [1.807, 2.05) is 54.6 Å². The van der Waals surface area contributed by atoms with Gasteiger partial charge in [0.15, 0.2) is 0 Å². The van der Waals surface area contributed by atoms with E-state index in [1.54, 1.807) is 0 Å². The Morgan fingerprint density at radius 3 is 2.16 bits per heavy atom. The van der Waals surface area contributed by atoms with Crippen LogP contribution in [0.1, 0.15) is 59.9 Å². The summed E-state index contributed by atoms with van der Waals surface area (Å²) in [6.07, 6.45) is 1.17. The van der Waals surface area contributed by atoms with Gasteiger partial charge in [0.2, 0.25) is 0 Å². The minimum absolute atomic E-state index is 0.0326. The summed E-state index contributed by atoms with van der Waals surface area (Å²) in [7, 11) is 0. The van der Waals surface area contributed by atoms with E-state index >= 15 is 0 Å². The summed E-state index contributed by atoms with van der Waals surface area (Å²) < 4.78 is 6.01. The van der Waals surface area contributed by atoms with Crippen LogP contribution in [-0.4, -0.2) is 65.6 Å². The Morgan fingerprint density at radius 2 is 1.54 bits per heavy atom. The quantitative estimate of drug-likeness (QED) is 0.468. The summed E-state index contributed by atoms with van der Waals surface area (Å²) in [6.45, 7) is 9.33. The number of para-hydroxylation sites is 1. The van der Waals surface area contributed by atoms with Crippen LogP contribution in [0.4, 0.5) is 0 Å². The van der Waals surface area contributed by atoms with Gasteiger partial charge in [0.05, 0.1) is 0 Å². The first-order valence-corrected chi connectivity index (χ1v) is 13.2. The molecular formula is C31H36N2O4. The molecule has 37 heavy (non-hydrogen) atoms. The Morgan fingerprint density at radius 1 is 0.919 bits per heavy atom. The van der Waals surface area contributed by atoms with E-state index in [2.05, 4.69) is 31.7 Å². The number of aliphatic hydroxyl groups excluding tert-OH is 1. The van der Waals surface area contributed by atoms with Crippen molar-refractivity contribution in [3.8, 4) is 5.75 Å². The zero-order valence-corrected chi connectivity index (χ0v) is 21.9. The van der Waals surface area contributed by atoms with Gasteiger partial charge in [0.1, 0.15) is 18.5 Å². The summed E-state index contributed by atoms with van der Waals surface area (Å²) in [6, 6.07) is 19.3. The van der Waals surface area contributed by atoms with Gasteiger partial charge in [-0.3, -0.25) is 14.5 Å². The van der Waals surface area contributed by atoms with Crippen molar-refractivity contribution in [1.29, 1.82) is 0 Å². The van der Waals surface area contributed by atoms with Crippen LogP contribution in [0.5, 0.6) is 5.75 Å². The lowest BCUT2D eigenvalue weighted by atomic mass is 9.86. The number of carbonyl (C=O) groups is 2. The van der Waals surface area contributed by atoms with E-state index in [9.17, 15) is 14.7 Å². The number of β-amino-alcohol motifs (C(OH)–C–C–N with tert-alkyl or cyclic N) is 1. The van der Waals surface area contributed by atoms with Crippen LogP contribution in [0.25, 0.3) is 10.8 Å². The zero-order valence-electron chi connectivity index (χ0n) is 21.9. The fourth-order valence-corrected chi connectivity index (χ4v) is 5.60. The molecule has 6 nitrogen and oxygen atoms in total. The third-order valence-electron chi connectivity index (χ3n) is 7.60. The maximum atomic E-state index is 13.2. The molecule has 2 heterocycles. The number of nitrogens with zero attached hydrogens (tertiary/aromatic N) is 2. The molecule has 2 aliphatic heterocycles. The first-order chi connectivity index (χ1) is 17.7. The minimum atomic E-state index is -0.591. The minimum Gasteiger partial charge on any atom is -0.491 e. The Bertz CT molecular complexity index is 1250. The van der Waals surface area contributed by atoms with Gasteiger partial charge in [0, 0.05) is 29.6 Å². The predicted molar refractivity (Wildman–Crippen MR) is 145 cm³/mol. The number of hydrogen-bond acceptors (Lipinski definition) is 5. The second kappa shape index (κ2) is 10.3. The SMILES string of the molecule is CC(C)(C)c1ccccc1OC[C@H](O)CN1CCC(CN2C(=O)c3cccc4cccc(c34)C2=O)CC1. The van der Waals surface area contributed by atoms with Crippen molar-refractivity contribution in [2.24, 2.45) is 5.92 Å². The molecule has 1 fully saturated rings. The van der Waals surface area contributed by atoms with Gasteiger partial charge in [0.25, 0.3) is 11.8 Å². The van der Waals surface area contributed by atoms with Crippen molar-refractivity contribution in [2.45, 2.75) is 45.1 Å². The van der Waals surface area contributed by atoms with Gasteiger partial charge in [-0.2, -0.15) is 0 Å². The first kappa shape index (κ1) is 25.4. The summed E-state index contributed by atoms with van der Waals surface area (Å²) in [5.74, 6) is 0.682. The number of benzene rings is 3. The molecule has 1 N–H and O–H groups in total. The van der Waals surface area contributed by atoms with E-state index < -0.39 is 6.10 Å². The highest BCUT2D eigenvalue weighted by Crippen LogP contribution is 2.32. The van der Waals surface area contributed by atoms with E-state index in [1.165, 1.54) is 4.90 Å². The molecule has 3 aromatic carbocycles.